The summed E-state index contributed by atoms with van der Waals surface area (Å²) in [6.45, 7) is 3.62. The van der Waals surface area contributed by atoms with Crippen LogP contribution in [-0.4, -0.2) is 38.7 Å². The van der Waals surface area contributed by atoms with E-state index < -0.39 is 11.9 Å². The first-order valence-electron chi connectivity index (χ1n) is 6.47. The Hall–Kier alpha value is -2.70. The number of carboxylic acid groups (broad SMARTS) is 1. The summed E-state index contributed by atoms with van der Waals surface area (Å²) in [6, 6.07) is 7.29. The normalized spacial score (nSPS) is 10.4. The van der Waals surface area contributed by atoms with Gasteiger partial charge in [0.1, 0.15) is 5.82 Å². The third-order valence-corrected chi connectivity index (χ3v) is 2.99. The highest BCUT2D eigenvalue weighted by Gasteiger charge is 2.23. The van der Waals surface area contributed by atoms with Crippen molar-refractivity contribution >= 4 is 17.6 Å². The second-order valence-electron chi connectivity index (χ2n) is 4.63. The summed E-state index contributed by atoms with van der Waals surface area (Å²) in [5, 5.41) is 15.3. The average molecular weight is 288 g/mol. The summed E-state index contributed by atoms with van der Waals surface area (Å²) in [5.74, 6) is -0.829. The molecule has 0 atom stereocenters. The van der Waals surface area contributed by atoms with Gasteiger partial charge in [-0.2, -0.15) is 0 Å². The highest BCUT2D eigenvalue weighted by atomic mass is 16.4. The van der Waals surface area contributed by atoms with Crippen molar-refractivity contribution in [3.63, 3.8) is 0 Å². The maximum absolute atomic E-state index is 12.5. The molecule has 0 fully saturated rings. The fourth-order valence-electron chi connectivity index (χ4n) is 1.96. The lowest BCUT2D eigenvalue weighted by Gasteiger charge is -2.22. The Morgan fingerprint density at radius 3 is 2.57 bits per heavy atom. The van der Waals surface area contributed by atoms with Crippen LogP contribution in [0.15, 0.2) is 24.3 Å². The lowest BCUT2D eigenvalue weighted by Crippen LogP contribution is -2.34. The van der Waals surface area contributed by atoms with Crippen LogP contribution in [0.4, 0.5) is 5.69 Å². The van der Waals surface area contributed by atoms with E-state index in [4.69, 9.17) is 5.11 Å². The maximum Gasteiger partial charge on any atom is 0.305 e. The number of carboxylic acids is 1. The third kappa shape index (κ3) is 3.44. The van der Waals surface area contributed by atoms with Gasteiger partial charge in [-0.3, -0.25) is 14.7 Å². The Labute approximate surface area is 121 Å². The molecule has 0 saturated heterocycles. The first-order chi connectivity index (χ1) is 9.99. The SMILES string of the molecule is Cc1nc(C(=O)N(CCC(=O)O)c2ccccc2C)n[nH]1. The van der Waals surface area contributed by atoms with Gasteiger partial charge >= 0.3 is 5.97 Å². The van der Waals surface area contributed by atoms with Crippen LogP contribution in [0.1, 0.15) is 28.4 Å². The molecule has 0 bridgehead atoms. The van der Waals surface area contributed by atoms with Crippen LogP contribution in [-0.2, 0) is 4.79 Å². The average Bonchev–Trinajstić information content (AvgIpc) is 2.87. The number of aliphatic carboxylic acids is 1. The second kappa shape index (κ2) is 6.17. The Morgan fingerprint density at radius 1 is 1.29 bits per heavy atom. The van der Waals surface area contributed by atoms with Gasteiger partial charge in [-0.15, -0.1) is 5.10 Å². The van der Waals surface area contributed by atoms with Gasteiger partial charge in [0.05, 0.1) is 6.42 Å². The van der Waals surface area contributed by atoms with E-state index in [0.717, 1.165) is 5.56 Å². The summed E-state index contributed by atoms with van der Waals surface area (Å²) in [4.78, 5) is 28.7. The molecule has 1 aromatic carbocycles. The number of aromatic nitrogens is 3. The molecule has 21 heavy (non-hydrogen) atoms. The molecule has 1 heterocycles. The maximum atomic E-state index is 12.5. The fraction of sp³-hybridized carbons (Fsp3) is 0.286. The minimum Gasteiger partial charge on any atom is -0.481 e. The number of nitrogens with zero attached hydrogens (tertiary/aromatic N) is 3. The van der Waals surface area contributed by atoms with Crippen molar-refractivity contribution in [2.24, 2.45) is 0 Å². The van der Waals surface area contributed by atoms with Crippen LogP contribution in [0.2, 0.25) is 0 Å². The molecular formula is C14H16N4O3. The van der Waals surface area contributed by atoms with Gasteiger partial charge in [0, 0.05) is 12.2 Å². The van der Waals surface area contributed by atoms with Gasteiger partial charge in [0.25, 0.3) is 5.91 Å². The van der Waals surface area contributed by atoms with E-state index in [-0.39, 0.29) is 18.8 Å². The molecule has 0 spiro atoms. The minimum absolute atomic E-state index is 0.0288. The Balaban J connectivity index is 2.34. The molecule has 7 nitrogen and oxygen atoms in total. The zero-order chi connectivity index (χ0) is 15.4. The first kappa shape index (κ1) is 14.7. The number of aromatic amines is 1. The molecule has 0 aliphatic rings. The lowest BCUT2D eigenvalue weighted by atomic mass is 10.1. The van der Waals surface area contributed by atoms with E-state index in [1.165, 1.54) is 4.90 Å². The molecular weight excluding hydrogens is 272 g/mol. The number of benzene rings is 1. The molecule has 110 valence electrons. The summed E-state index contributed by atoms with van der Waals surface area (Å²) in [6.07, 6.45) is -0.149. The molecule has 1 amide bonds. The van der Waals surface area contributed by atoms with Gasteiger partial charge in [-0.05, 0) is 25.5 Å². The fourth-order valence-corrected chi connectivity index (χ4v) is 1.96. The Bertz CT molecular complexity index is 666. The minimum atomic E-state index is -0.965. The van der Waals surface area contributed by atoms with Crippen molar-refractivity contribution in [2.45, 2.75) is 20.3 Å². The molecule has 0 radical (unpaired) electrons. The number of nitrogens with one attached hydrogen (secondary N) is 1. The van der Waals surface area contributed by atoms with Crippen LogP contribution >= 0.6 is 0 Å². The number of amides is 1. The summed E-state index contributed by atoms with van der Waals surface area (Å²) in [7, 11) is 0. The molecule has 0 saturated carbocycles. The van der Waals surface area contributed by atoms with Crippen LogP contribution < -0.4 is 4.90 Å². The highest BCUT2D eigenvalue weighted by molar-refractivity contribution is 6.04. The van der Waals surface area contributed by atoms with Crippen molar-refractivity contribution in [1.82, 2.24) is 15.2 Å². The standard InChI is InChI=1S/C14H16N4O3/c1-9-5-3-4-6-11(9)18(8-7-12(19)20)14(21)13-15-10(2)16-17-13/h3-6H,7-8H2,1-2H3,(H,19,20)(H,15,16,17). The van der Waals surface area contributed by atoms with E-state index >= 15 is 0 Å². The van der Waals surface area contributed by atoms with Gasteiger partial charge in [0.2, 0.25) is 5.82 Å². The van der Waals surface area contributed by atoms with Crippen molar-refractivity contribution in [3.05, 3.63) is 41.5 Å². The molecule has 2 rings (SSSR count). The number of anilines is 1. The van der Waals surface area contributed by atoms with Crippen LogP contribution in [0.3, 0.4) is 0 Å². The molecule has 2 aromatic rings. The zero-order valence-electron chi connectivity index (χ0n) is 11.8. The topological polar surface area (TPSA) is 99.2 Å². The third-order valence-electron chi connectivity index (χ3n) is 2.99. The van der Waals surface area contributed by atoms with Crippen molar-refractivity contribution in [1.29, 1.82) is 0 Å². The van der Waals surface area contributed by atoms with Crippen molar-refractivity contribution in [3.8, 4) is 0 Å². The number of para-hydroxylation sites is 1. The van der Waals surface area contributed by atoms with Crippen LogP contribution in [0, 0.1) is 13.8 Å². The summed E-state index contributed by atoms with van der Waals surface area (Å²) < 4.78 is 0. The van der Waals surface area contributed by atoms with E-state index in [9.17, 15) is 9.59 Å². The quantitative estimate of drug-likeness (QED) is 0.869. The Kier molecular flexibility index (Phi) is 4.32. The van der Waals surface area contributed by atoms with E-state index in [1.54, 1.807) is 19.1 Å². The molecule has 1 aromatic heterocycles. The number of hydrogen-bond acceptors (Lipinski definition) is 4. The van der Waals surface area contributed by atoms with Gasteiger partial charge in [-0.1, -0.05) is 18.2 Å². The summed E-state index contributed by atoms with van der Waals surface area (Å²) in [5.41, 5.74) is 1.54. The molecule has 0 aliphatic heterocycles. The summed E-state index contributed by atoms with van der Waals surface area (Å²) >= 11 is 0. The van der Waals surface area contributed by atoms with Crippen LogP contribution in [0.25, 0.3) is 0 Å². The number of aryl methyl sites for hydroxylation is 2. The highest BCUT2D eigenvalue weighted by Crippen LogP contribution is 2.21. The number of rotatable bonds is 5. The number of carbonyl (C=O) groups is 2. The van der Waals surface area contributed by atoms with Gasteiger partial charge in [-0.25, -0.2) is 4.98 Å². The largest absolute Gasteiger partial charge is 0.481 e. The van der Waals surface area contributed by atoms with Crippen molar-refractivity contribution in [2.75, 3.05) is 11.4 Å². The van der Waals surface area contributed by atoms with Crippen molar-refractivity contribution < 1.29 is 14.7 Å². The smallest absolute Gasteiger partial charge is 0.305 e. The van der Waals surface area contributed by atoms with Gasteiger partial charge in [0.15, 0.2) is 0 Å². The number of hydrogen-bond donors (Lipinski definition) is 2. The molecule has 7 heteroatoms. The predicted octanol–water partition coefficient (Wildman–Crippen LogP) is 1.54. The zero-order valence-corrected chi connectivity index (χ0v) is 11.8. The second-order valence-corrected chi connectivity index (χ2v) is 4.63. The van der Waals surface area contributed by atoms with E-state index in [0.29, 0.717) is 11.5 Å². The molecule has 2 N–H and O–H groups in total. The number of H-pyrrole nitrogens is 1. The number of carbonyl (C=O) groups excluding carboxylic acids is 1. The van der Waals surface area contributed by atoms with E-state index in [1.807, 2.05) is 19.1 Å². The Morgan fingerprint density at radius 2 is 2.00 bits per heavy atom. The lowest BCUT2D eigenvalue weighted by molar-refractivity contribution is -0.136. The molecule has 0 unspecified atom stereocenters. The monoisotopic (exact) mass is 288 g/mol. The van der Waals surface area contributed by atoms with Gasteiger partial charge < -0.3 is 10.0 Å². The molecule has 0 aliphatic carbocycles. The van der Waals surface area contributed by atoms with Crippen LogP contribution in [0.5, 0.6) is 0 Å². The predicted molar refractivity (Wildman–Crippen MR) is 76.2 cm³/mol. The first-order valence-corrected chi connectivity index (χ1v) is 6.47. The van der Waals surface area contributed by atoms with E-state index in [2.05, 4.69) is 15.2 Å².